The van der Waals surface area contributed by atoms with Crippen LogP contribution < -0.4 is 10.6 Å². The molecule has 18 heavy (non-hydrogen) atoms. The molecule has 0 fully saturated rings. The number of hydrogen-bond acceptors (Lipinski definition) is 4. The molecule has 0 bridgehead atoms. The molecule has 0 unspecified atom stereocenters. The summed E-state index contributed by atoms with van der Waals surface area (Å²) in [5.74, 6) is -0.579. The number of halogens is 1. The molecule has 6 heteroatoms. The molecule has 0 aromatic heterocycles. The van der Waals surface area contributed by atoms with E-state index in [1.165, 1.54) is 0 Å². The van der Waals surface area contributed by atoms with Crippen molar-refractivity contribution in [2.24, 2.45) is 0 Å². The molecule has 0 aliphatic rings. The highest BCUT2D eigenvalue weighted by molar-refractivity contribution is 9.10. The quantitative estimate of drug-likeness (QED) is 0.782. The normalized spacial score (nSPS) is 9.89. The van der Waals surface area contributed by atoms with Crippen LogP contribution in [0.25, 0.3) is 0 Å². The molecule has 1 rings (SSSR count). The average molecular weight is 315 g/mol. The van der Waals surface area contributed by atoms with Crippen LogP contribution in [0.15, 0.2) is 28.7 Å². The summed E-state index contributed by atoms with van der Waals surface area (Å²) in [4.78, 5) is 22.5. The van der Waals surface area contributed by atoms with Crippen LogP contribution in [0.1, 0.15) is 6.92 Å². The Kier molecular flexibility index (Phi) is 6.38. The summed E-state index contributed by atoms with van der Waals surface area (Å²) in [6.07, 6.45) is 0. The maximum Gasteiger partial charge on any atom is 0.319 e. The fraction of sp³-hybridized carbons (Fsp3) is 0.333. The van der Waals surface area contributed by atoms with Gasteiger partial charge in [-0.25, -0.2) is 0 Å². The van der Waals surface area contributed by atoms with E-state index in [1.807, 2.05) is 12.1 Å². The van der Waals surface area contributed by atoms with Gasteiger partial charge in [-0.05, 0) is 25.1 Å². The van der Waals surface area contributed by atoms with Crippen molar-refractivity contribution in [3.63, 3.8) is 0 Å². The number of carbonyl (C=O) groups is 2. The van der Waals surface area contributed by atoms with E-state index in [0.29, 0.717) is 12.3 Å². The molecule has 0 aliphatic heterocycles. The van der Waals surface area contributed by atoms with E-state index in [9.17, 15) is 9.59 Å². The van der Waals surface area contributed by atoms with Gasteiger partial charge < -0.3 is 10.1 Å². The van der Waals surface area contributed by atoms with Crippen LogP contribution in [0.2, 0.25) is 0 Å². The van der Waals surface area contributed by atoms with Gasteiger partial charge in [0.25, 0.3) is 0 Å². The minimum atomic E-state index is -0.368. The highest BCUT2D eigenvalue weighted by atomic mass is 79.9. The maximum absolute atomic E-state index is 11.5. The zero-order valence-electron chi connectivity index (χ0n) is 10.0. The smallest absolute Gasteiger partial charge is 0.319 e. The molecule has 0 heterocycles. The van der Waals surface area contributed by atoms with E-state index < -0.39 is 0 Å². The second-order valence-electron chi connectivity index (χ2n) is 3.47. The fourth-order valence-corrected chi connectivity index (χ4v) is 1.66. The van der Waals surface area contributed by atoms with Crippen LogP contribution in [0.4, 0.5) is 5.69 Å². The SMILES string of the molecule is CCOC(=O)CNCC(=O)Nc1cccc(Br)c1. The molecule has 2 N–H and O–H groups in total. The Morgan fingerprint density at radius 3 is 2.78 bits per heavy atom. The molecule has 1 aromatic carbocycles. The summed E-state index contributed by atoms with van der Waals surface area (Å²) >= 11 is 3.31. The number of hydrogen-bond donors (Lipinski definition) is 2. The van der Waals surface area contributed by atoms with E-state index in [0.717, 1.165) is 4.47 Å². The first-order valence-electron chi connectivity index (χ1n) is 5.53. The van der Waals surface area contributed by atoms with Crippen molar-refractivity contribution in [1.82, 2.24) is 5.32 Å². The van der Waals surface area contributed by atoms with Gasteiger partial charge in [0.15, 0.2) is 0 Å². The lowest BCUT2D eigenvalue weighted by Crippen LogP contribution is -2.32. The summed E-state index contributed by atoms with van der Waals surface area (Å²) in [5, 5.41) is 5.41. The lowest BCUT2D eigenvalue weighted by molar-refractivity contribution is -0.141. The number of anilines is 1. The Labute approximate surface area is 114 Å². The average Bonchev–Trinajstić information content (AvgIpc) is 2.29. The van der Waals surface area contributed by atoms with Crippen molar-refractivity contribution in [1.29, 1.82) is 0 Å². The second kappa shape index (κ2) is 7.84. The molecule has 0 spiro atoms. The van der Waals surface area contributed by atoms with Gasteiger partial charge in [0.05, 0.1) is 19.7 Å². The molecule has 0 radical (unpaired) electrons. The number of nitrogens with one attached hydrogen (secondary N) is 2. The fourth-order valence-electron chi connectivity index (χ4n) is 1.26. The molecular weight excluding hydrogens is 300 g/mol. The number of carbonyl (C=O) groups excluding carboxylic acids is 2. The highest BCUT2D eigenvalue weighted by Gasteiger charge is 2.05. The van der Waals surface area contributed by atoms with Crippen molar-refractivity contribution >= 4 is 33.5 Å². The maximum atomic E-state index is 11.5. The van der Waals surface area contributed by atoms with Crippen LogP contribution in [0.3, 0.4) is 0 Å². The molecule has 0 aliphatic carbocycles. The molecule has 1 aromatic rings. The highest BCUT2D eigenvalue weighted by Crippen LogP contribution is 2.15. The third kappa shape index (κ3) is 5.79. The molecule has 0 saturated heterocycles. The summed E-state index contributed by atoms with van der Waals surface area (Å²) in [6.45, 7) is 2.16. The first-order valence-corrected chi connectivity index (χ1v) is 6.33. The molecule has 5 nitrogen and oxygen atoms in total. The van der Waals surface area contributed by atoms with Crippen molar-refractivity contribution in [3.05, 3.63) is 28.7 Å². The van der Waals surface area contributed by atoms with Gasteiger partial charge in [-0.2, -0.15) is 0 Å². The van der Waals surface area contributed by atoms with Crippen molar-refractivity contribution in [3.8, 4) is 0 Å². The minimum Gasteiger partial charge on any atom is -0.465 e. The van der Waals surface area contributed by atoms with E-state index in [1.54, 1.807) is 19.1 Å². The monoisotopic (exact) mass is 314 g/mol. The molecule has 0 saturated carbocycles. The van der Waals surface area contributed by atoms with Gasteiger partial charge in [-0.3, -0.25) is 14.9 Å². The lowest BCUT2D eigenvalue weighted by Gasteiger charge is -2.06. The Bertz CT molecular complexity index is 424. The van der Waals surface area contributed by atoms with Gasteiger partial charge >= 0.3 is 5.97 Å². The zero-order chi connectivity index (χ0) is 13.4. The number of rotatable bonds is 6. The van der Waals surface area contributed by atoms with Crippen molar-refractivity contribution in [2.75, 3.05) is 25.0 Å². The van der Waals surface area contributed by atoms with Crippen LogP contribution >= 0.6 is 15.9 Å². The Morgan fingerprint density at radius 1 is 1.33 bits per heavy atom. The third-order valence-corrected chi connectivity index (χ3v) is 2.46. The summed E-state index contributed by atoms with van der Waals surface area (Å²) in [5.41, 5.74) is 0.701. The van der Waals surface area contributed by atoms with E-state index >= 15 is 0 Å². The van der Waals surface area contributed by atoms with E-state index in [-0.39, 0.29) is 25.0 Å². The van der Waals surface area contributed by atoms with E-state index in [2.05, 4.69) is 26.6 Å². The Morgan fingerprint density at radius 2 is 2.11 bits per heavy atom. The van der Waals surface area contributed by atoms with Crippen LogP contribution in [0.5, 0.6) is 0 Å². The first-order chi connectivity index (χ1) is 8.61. The number of ether oxygens (including phenoxy) is 1. The summed E-state index contributed by atoms with van der Waals surface area (Å²) in [6, 6.07) is 7.28. The predicted molar refractivity (Wildman–Crippen MR) is 72.3 cm³/mol. The second-order valence-corrected chi connectivity index (χ2v) is 4.38. The predicted octanol–water partition coefficient (Wildman–Crippen LogP) is 1.54. The molecule has 0 atom stereocenters. The van der Waals surface area contributed by atoms with Gasteiger partial charge in [0, 0.05) is 10.2 Å². The molecule has 1 amide bonds. The molecular formula is C12H15BrN2O3. The number of amides is 1. The first kappa shape index (κ1) is 14.7. The number of esters is 1. The van der Waals surface area contributed by atoms with E-state index in [4.69, 9.17) is 4.74 Å². The largest absolute Gasteiger partial charge is 0.465 e. The Hall–Kier alpha value is -1.40. The topological polar surface area (TPSA) is 67.4 Å². The Balaban J connectivity index is 2.28. The van der Waals surface area contributed by atoms with Gasteiger partial charge in [-0.15, -0.1) is 0 Å². The zero-order valence-corrected chi connectivity index (χ0v) is 11.6. The third-order valence-electron chi connectivity index (χ3n) is 1.97. The van der Waals surface area contributed by atoms with Gasteiger partial charge in [0.1, 0.15) is 0 Å². The van der Waals surface area contributed by atoms with Crippen LogP contribution in [-0.2, 0) is 14.3 Å². The lowest BCUT2D eigenvalue weighted by atomic mass is 10.3. The van der Waals surface area contributed by atoms with Gasteiger partial charge in [-0.1, -0.05) is 22.0 Å². The van der Waals surface area contributed by atoms with Crippen LogP contribution in [-0.4, -0.2) is 31.6 Å². The summed E-state index contributed by atoms with van der Waals surface area (Å²) in [7, 11) is 0. The standard InChI is InChI=1S/C12H15BrN2O3/c1-2-18-12(17)8-14-7-11(16)15-10-5-3-4-9(13)6-10/h3-6,14H,2,7-8H2,1H3,(H,15,16). The summed E-state index contributed by atoms with van der Waals surface area (Å²) < 4.78 is 5.61. The van der Waals surface area contributed by atoms with Crippen molar-refractivity contribution < 1.29 is 14.3 Å². The van der Waals surface area contributed by atoms with Crippen molar-refractivity contribution in [2.45, 2.75) is 6.92 Å². The van der Waals surface area contributed by atoms with Crippen LogP contribution in [0, 0.1) is 0 Å². The molecule has 98 valence electrons. The number of benzene rings is 1. The van der Waals surface area contributed by atoms with Gasteiger partial charge in [0.2, 0.25) is 5.91 Å². The minimum absolute atomic E-state index is 0.0275.